The lowest BCUT2D eigenvalue weighted by Crippen LogP contribution is -2.73. The van der Waals surface area contributed by atoms with Crippen molar-refractivity contribution in [3.05, 3.63) is 70.2 Å². The maximum atomic E-state index is 12.5. The van der Waals surface area contributed by atoms with Crippen LogP contribution in [0.3, 0.4) is 0 Å². The van der Waals surface area contributed by atoms with Crippen molar-refractivity contribution in [2.24, 2.45) is 0 Å². The minimum absolute atomic E-state index is 0.0586. The number of hydrogen-bond acceptors (Lipinski definition) is 2. The molecule has 0 atom stereocenters. The standard InChI is InChI=1S/C18H15ClN2O2/c19-15-8-4-3-7-14(15)17(23)21-10-18(11-21)9-12-5-1-2-6-13(12)16(22)20-18/h1-8H,9-11H2,(H,20,22). The number of carbonyl (C=O) groups is 2. The van der Waals surface area contributed by atoms with Gasteiger partial charge in [0.1, 0.15) is 0 Å². The highest BCUT2D eigenvalue weighted by Gasteiger charge is 2.49. The summed E-state index contributed by atoms with van der Waals surface area (Å²) < 4.78 is 0. The first-order valence-corrected chi connectivity index (χ1v) is 7.90. The molecule has 1 saturated heterocycles. The molecule has 0 aliphatic carbocycles. The number of likely N-dealkylation sites (tertiary alicyclic amines) is 1. The number of hydrogen-bond donors (Lipinski definition) is 1. The van der Waals surface area contributed by atoms with Crippen LogP contribution in [0.4, 0.5) is 0 Å². The normalized spacial score (nSPS) is 18.1. The molecular formula is C18H15ClN2O2. The Balaban J connectivity index is 1.53. The van der Waals surface area contributed by atoms with E-state index in [1.807, 2.05) is 24.3 Å². The summed E-state index contributed by atoms with van der Waals surface area (Å²) in [5, 5.41) is 3.53. The molecule has 2 aliphatic heterocycles. The van der Waals surface area contributed by atoms with Crippen LogP contribution in [-0.2, 0) is 6.42 Å². The van der Waals surface area contributed by atoms with E-state index in [-0.39, 0.29) is 17.4 Å². The first-order valence-electron chi connectivity index (χ1n) is 7.52. The van der Waals surface area contributed by atoms with Crippen LogP contribution < -0.4 is 5.32 Å². The van der Waals surface area contributed by atoms with Crippen LogP contribution in [0.15, 0.2) is 48.5 Å². The van der Waals surface area contributed by atoms with Gasteiger partial charge in [-0.1, -0.05) is 41.9 Å². The van der Waals surface area contributed by atoms with Crippen LogP contribution in [0, 0.1) is 0 Å². The molecule has 2 heterocycles. The van der Waals surface area contributed by atoms with E-state index < -0.39 is 0 Å². The first-order chi connectivity index (χ1) is 11.1. The summed E-state index contributed by atoms with van der Waals surface area (Å²) in [5.74, 6) is -0.147. The molecule has 23 heavy (non-hydrogen) atoms. The molecule has 1 fully saturated rings. The third kappa shape index (κ3) is 2.30. The molecule has 0 aromatic heterocycles. The summed E-state index contributed by atoms with van der Waals surface area (Å²) in [6, 6.07) is 14.7. The fourth-order valence-electron chi connectivity index (χ4n) is 3.44. The number of benzene rings is 2. The van der Waals surface area contributed by atoms with Gasteiger partial charge in [0.2, 0.25) is 0 Å². The zero-order valence-corrected chi connectivity index (χ0v) is 13.1. The number of fused-ring (bicyclic) bond motifs is 1. The molecule has 4 nitrogen and oxygen atoms in total. The molecule has 0 saturated carbocycles. The van der Waals surface area contributed by atoms with Crippen LogP contribution in [0.1, 0.15) is 26.3 Å². The van der Waals surface area contributed by atoms with Crippen molar-refractivity contribution < 1.29 is 9.59 Å². The van der Waals surface area contributed by atoms with Crippen molar-refractivity contribution in [3.8, 4) is 0 Å². The molecule has 0 bridgehead atoms. The molecule has 4 rings (SSSR count). The third-order valence-corrected chi connectivity index (χ3v) is 4.88. The van der Waals surface area contributed by atoms with Crippen LogP contribution >= 0.6 is 11.6 Å². The van der Waals surface area contributed by atoms with Crippen molar-refractivity contribution in [1.29, 1.82) is 0 Å². The molecule has 116 valence electrons. The number of nitrogens with one attached hydrogen (secondary N) is 1. The van der Waals surface area contributed by atoms with Gasteiger partial charge in [0, 0.05) is 18.7 Å². The zero-order chi connectivity index (χ0) is 16.0. The van der Waals surface area contributed by atoms with E-state index in [0.717, 1.165) is 17.5 Å². The minimum Gasteiger partial charge on any atom is -0.343 e. The van der Waals surface area contributed by atoms with Gasteiger partial charge in [0.25, 0.3) is 11.8 Å². The molecule has 5 heteroatoms. The number of carbonyl (C=O) groups excluding carboxylic acids is 2. The van der Waals surface area contributed by atoms with Gasteiger partial charge in [-0.3, -0.25) is 9.59 Å². The quantitative estimate of drug-likeness (QED) is 0.875. The Labute approximate surface area is 139 Å². The summed E-state index contributed by atoms with van der Waals surface area (Å²) in [5.41, 5.74) is 1.93. The molecule has 0 radical (unpaired) electrons. The van der Waals surface area contributed by atoms with Crippen LogP contribution in [0.25, 0.3) is 0 Å². The molecular weight excluding hydrogens is 312 g/mol. The van der Waals surface area contributed by atoms with Crippen molar-refractivity contribution in [3.63, 3.8) is 0 Å². The van der Waals surface area contributed by atoms with Gasteiger partial charge < -0.3 is 10.2 Å². The Morgan fingerprint density at radius 1 is 1.09 bits per heavy atom. The van der Waals surface area contributed by atoms with E-state index in [1.165, 1.54) is 0 Å². The van der Waals surface area contributed by atoms with E-state index in [2.05, 4.69) is 5.32 Å². The monoisotopic (exact) mass is 326 g/mol. The smallest absolute Gasteiger partial charge is 0.255 e. The highest BCUT2D eigenvalue weighted by atomic mass is 35.5. The van der Waals surface area contributed by atoms with Crippen LogP contribution in [0.2, 0.25) is 5.02 Å². The first kappa shape index (κ1) is 14.3. The number of nitrogens with zero attached hydrogens (tertiary/aromatic N) is 1. The summed E-state index contributed by atoms with van der Waals surface area (Å²) in [7, 11) is 0. The number of rotatable bonds is 1. The summed E-state index contributed by atoms with van der Waals surface area (Å²) in [6.07, 6.45) is 0.751. The van der Waals surface area contributed by atoms with E-state index >= 15 is 0 Å². The van der Waals surface area contributed by atoms with E-state index in [1.54, 1.807) is 29.2 Å². The van der Waals surface area contributed by atoms with Crippen molar-refractivity contribution >= 4 is 23.4 Å². The predicted molar refractivity (Wildman–Crippen MR) is 87.7 cm³/mol. The number of amides is 2. The maximum Gasteiger partial charge on any atom is 0.255 e. The SMILES string of the molecule is O=C1NC2(Cc3ccccc31)CN(C(=O)c1ccccc1Cl)C2. The Morgan fingerprint density at radius 2 is 1.78 bits per heavy atom. The fraction of sp³-hybridized carbons (Fsp3) is 0.222. The second kappa shape index (κ2) is 5.10. The van der Waals surface area contributed by atoms with E-state index in [9.17, 15) is 9.59 Å². The highest BCUT2D eigenvalue weighted by Crippen LogP contribution is 2.32. The topological polar surface area (TPSA) is 49.4 Å². The molecule has 2 aliphatic rings. The molecule has 2 aromatic rings. The van der Waals surface area contributed by atoms with Crippen LogP contribution in [-0.4, -0.2) is 35.3 Å². The van der Waals surface area contributed by atoms with Gasteiger partial charge in [-0.2, -0.15) is 0 Å². The van der Waals surface area contributed by atoms with Crippen molar-refractivity contribution in [2.75, 3.05) is 13.1 Å². The largest absolute Gasteiger partial charge is 0.343 e. The minimum atomic E-state index is -0.345. The zero-order valence-electron chi connectivity index (χ0n) is 12.4. The second-order valence-electron chi connectivity index (χ2n) is 6.21. The van der Waals surface area contributed by atoms with Crippen LogP contribution in [0.5, 0.6) is 0 Å². The van der Waals surface area contributed by atoms with Gasteiger partial charge in [-0.05, 0) is 30.2 Å². The molecule has 1 N–H and O–H groups in total. The average molecular weight is 327 g/mol. The molecule has 2 aromatic carbocycles. The molecule has 0 unspecified atom stereocenters. The van der Waals surface area contributed by atoms with Gasteiger partial charge in [-0.15, -0.1) is 0 Å². The Kier molecular flexibility index (Phi) is 3.16. The van der Waals surface area contributed by atoms with Crippen molar-refractivity contribution in [2.45, 2.75) is 12.0 Å². The summed E-state index contributed by atoms with van der Waals surface area (Å²) in [6.45, 7) is 1.02. The predicted octanol–water partition coefficient (Wildman–Crippen LogP) is 2.52. The second-order valence-corrected chi connectivity index (χ2v) is 6.62. The Hall–Kier alpha value is -2.33. The van der Waals surface area contributed by atoms with Gasteiger partial charge in [0.15, 0.2) is 0 Å². The van der Waals surface area contributed by atoms with Gasteiger partial charge >= 0.3 is 0 Å². The molecule has 1 spiro atoms. The highest BCUT2D eigenvalue weighted by molar-refractivity contribution is 6.33. The lowest BCUT2D eigenvalue weighted by molar-refractivity contribution is 0.0254. The lowest BCUT2D eigenvalue weighted by Gasteiger charge is -2.52. The van der Waals surface area contributed by atoms with E-state index in [0.29, 0.717) is 23.7 Å². The van der Waals surface area contributed by atoms with Crippen molar-refractivity contribution in [1.82, 2.24) is 10.2 Å². The fourth-order valence-corrected chi connectivity index (χ4v) is 3.65. The Bertz CT molecular complexity index is 812. The molecule has 2 amide bonds. The summed E-state index contributed by atoms with van der Waals surface area (Å²) >= 11 is 6.09. The lowest BCUT2D eigenvalue weighted by atomic mass is 9.78. The van der Waals surface area contributed by atoms with Gasteiger partial charge in [-0.25, -0.2) is 0 Å². The average Bonchev–Trinajstić information content (AvgIpc) is 2.52. The third-order valence-electron chi connectivity index (χ3n) is 4.55. The van der Waals surface area contributed by atoms with Gasteiger partial charge in [0.05, 0.1) is 16.1 Å². The maximum absolute atomic E-state index is 12.5. The Morgan fingerprint density at radius 3 is 2.57 bits per heavy atom. The summed E-state index contributed by atoms with van der Waals surface area (Å²) in [4.78, 5) is 26.5. The number of halogens is 1. The van der Waals surface area contributed by atoms with E-state index in [4.69, 9.17) is 11.6 Å².